The first-order valence-corrected chi connectivity index (χ1v) is 15.8. The van der Waals surface area contributed by atoms with Crippen LogP contribution in [0.25, 0.3) is 5.57 Å². The van der Waals surface area contributed by atoms with Crippen LogP contribution in [-0.4, -0.2) is 29.6 Å². The van der Waals surface area contributed by atoms with Crippen molar-refractivity contribution >= 4 is 22.9 Å². The molecule has 2 unspecified atom stereocenters. The van der Waals surface area contributed by atoms with E-state index in [0.717, 1.165) is 67.5 Å². The van der Waals surface area contributed by atoms with Crippen molar-refractivity contribution in [3.63, 3.8) is 0 Å². The molecule has 2 atom stereocenters. The van der Waals surface area contributed by atoms with E-state index in [-0.39, 0.29) is 18.0 Å². The Hall–Kier alpha value is -2.87. The summed E-state index contributed by atoms with van der Waals surface area (Å²) in [6, 6.07) is 4.74. The van der Waals surface area contributed by atoms with Crippen molar-refractivity contribution in [2.75, 3.05) is 6.54 Å². The summed E-state index contributed by atoms with van der Waals surface area (Å²) in [5.41, 5.74) is 4.20. The maximum Gasteiger partial charge on any atom is 0.132 e. The van der Waals surface area contributed by atoms with Gasteiger partial charge in [0.25, 0.3) is 0 Å². The SMILES string of the molecule is C#CCCC.C/C=C(/C=C(\C)c1c(F)cccc1Cl)C(C)=NCCCC.C=C(C)/C=C\C(=C)OC(C)CCC(C)O.CC. The number of aliphatic hydroxyl groups excluding tert-OH is 1. The van der Waals surface area contributed by atoms with Crippen LogP contribution in [-0.2, 0) is 4.74 Å². The quantitative estimate of drug-likeness (QED) is 0.0743. The maximum atomic E-state index is 13.9. The highest BCUT2D eigenvalue weighted by atomic mass is 35.5. The van der Waals surface area contributed by atoms with Crippen LogP contribution in [0.15, 0.2) is 77.6 Å². The molecule has 5 heteroatoms. The van der Waals surface area contributed by atoms with E-state index in [1.165, 1.54) is 6.07 Å². The molecule has 3 nitrogen and oxygen atoms in total. The largest absolute Gasteiger partial charge is 0.491 e. The van der Waals surface area contributed by atoms with Crippen molar-refractivity contribution in [2.45, 2.75) is 120 Å². The van der Waals surface area contributed by atoms with E-state index in [2.05, 4.69) is 37.9 Å². The summed E-state index contributed by atoms with van der Waals surface area (Å²) in [7, 11) is 0. The number of terminal acetylenes is 1. The molecule has 0 bridgehead atoms. The van der Waals surface area contributed by atoms with Gasteiger partial charge in [-0.1, -0.05) is 82.7 Å². The summed E-state index contributed by atoms with van der Waals surface area (Å²) < 4.78 is 19.4. The van der Waals surface area contributed by atoms with Crippen LogP contribution >= 0.6 is 11.6 Å². The minimum Gasteiger partial charge on any atom is -0.491 e. The molecule has 0 heterocycles. The molecular formula is C38H59ClFNO2. The molecule has 0 aliphatic rings. The number of nitrogens with zero attached hydrogens (tertiary/aromatic N) is 1. The molecule has 0 saturated carbocycles. The third-order valence-corrected chi connectivity index (χ3v) is 5.93. The van der Waals surface area contributed by atoms with Gasteiger partial charge in [0.15, 0.2) is 0 Å². The predicted molar refractivity (Wildman–Crippen MR) is 191 cm³/mol. The minimum absolute atomic E-state index is 0.0851. The van der Waals surface area contributed by atoms with Crippen molar-refractivity contribution in [1.29, 1.82) is 0 Å². The predicted octanol–water partition coefficient (Wildman–Crippen LogP) is 11.7. The van der Waals surface area contributed by atoms with Crippen molar-refractivity contribution in [1.82, 2.24) is 0 Å². The first-order chi connectivity index (χ1) is 20.3. The van der Waals surface area contributed by atoms with Crippen LogP contribution in [0.1, 0.15) is 113 Å². The Morgan fingerprint density at radius 2 is 1.74 bits per heavy atom. The first-order valence-electron chi connectivity index (χ1n) is 15.4. The van der Waals surface area contributed by atoms with Gasteiger partial charge in [-0.2, -0.15) is 0 Å². The second kappa shape index (κ2) is 29.2. The normalized spacial score (nSPS) is 12.8. The van der Waals surface area contributed by atoms with E-state index in [1.54, 1.807) is 25.1 Å². The van der Waals surface area contributed by atoms with Gasteiger partial charge in [-0.25, -0.2) is 4.39 Å². The number of hydrogen-bond donors (Lipinski definition) is 1. The zero-order valence-corrected chi connectivity index (χ0v) is 29.5. The number of aliphatic hydroxyl groups is 1. The van der Waals surface area contributed by atoms with Gasteiger partial charge in [0.05, 0.1) is 17.2 Å². The number of aliphatic imine (C=N–C) groups is 1. The number of ether oxygens (including phenoxy) is 1. The number of allylic oxidation sites excluding steroid dienone is 7. The monoisotopic (exact) mass is 615 g/mol. The Morgan fingerprint density at radius 1 is 1.12 bits per heavy atom. The van der Waals surface area contributed by atoms with Gasteiger partial charge >= 0.3 is 0 Å². The highest BCUT2D eigenvalue weighted by Gasteiger charge is 2.10. The Morgan fingerprint density at radius 3 is 2.19 bits per heavy atom. The zero-order valence-electron chi connectivity index (χ0n) is 28.7. The summed E-state index contributed by atoms with van der Waals surface area (Å²) in [5.74, 6) is 2.85. The Kier molecular flexibility index (Phi) is 30.3. The van der Waals surface area contributed by atoms with E-state index in [4.69, 9.17) is 27.9 Å². The van der Waals surface area contributed by atoms with E-state index in [0.29, 0.717) is 16.3 Å². The molecule has 242 valence electrons. The summed E-state index contributed by atoms with van der Waals surface area (Å²) in [4.78, 5) is 4.55. The molecule has 1 N–H and O–H groups in total. The van der Waals surface area contributed by atoms with Crippen LogP contribution in [0, 0.1) is 18.2 Å². The smallest absolute Gasteiger partial charge is 0.132 e. The molecule has 0 amide bonds. The Bertz CT molecular complexity index is 1050. The summed E-state index contributed by atoms with van der Waals surface area (Å²) in [6.07, 6.45) is 18.1. The highest BCUT2D eigenvalue weighted by molar-refractivity contribution is 6.32. The third kappa shape index (κ3) is 25.4. The molecule has 1 rings (SSSR count). The minimum atomic E-state index is -0.299. The topological polar surface area (TPSA) is 41.8 Å². The fourth-order valence-corrected chi connectivity index (χ4v) is 3.60. The van der Waals surface area contributed by atoms with E-state index in [1.807, 2.05) is 66.7 Å². The lowest BCUT2D eigenvalue weighted by atomic mass is 10.0. The average molecular weight is 616 g/mol. The molecule has 0 aliphatic carbocycles. The van der Waals surface area contributed by atoms with Gasteiger partial charge < -0.3 is 9.84 Å². The van der Waals surface area contributed by atoms with Crippen LogP contribution in [0.4, 0.5) is 4.39 Å². The molecule has 43 heavy (non-hydrogen) atoms. The second-order valence-electron chi connectivity index (χ2n) is 9.94. The number of rotatable bonds is 14. The number of halogens is 2. The van der Waals surface area contributed by atoms with Crippen LogP contribution < -0.4 is 0 Å². The third-order valence-electron chi connectivity index (χ3n) is 5.61. The van der Waals surface area contributed by atoms with Gasteiger partial charge in [0.1, 0.15) is 11.6 Å². The number of benzene rings is 1. The lowest BCUT2D eigenvalue weighted by molar-refractivity contribution is 0.106. The first kappa shape index (κ1) is 44.6. The zero-order chi connectivity index (χ0) is 33.8. The second-order valence-corrected chi connectivity index (χ2v) is 10.4. The summed E-state index contributed by atoms with van der Waals surface area (Å²) in [5, 5.41) is 9.54. The van der Waals surface area contributed by atoms with E-state index < -0.39 is 0 Å². The standard InChI is InChI=1S/C18H23ClFN.C13H22O2.C5H8.C2H6/c1-5-7-11-21-14(4)15(6-2)12-13(3)18-16(19)9-8-10-17(18)20;1-10(2)6-8-12(4)15-13(5)9-7-11(3)14;1-3-5-4-2;1-2/h6,8-10,12H,5,7,11H2,1-4H3;6,8,11,13-14H,1,4,7,9H2,2-3,5H3;1H,4-5H2,2H3;1-2H3/b13-12+,15-6-,21-14?;8-6-;;. The van der Waals surface area contributed by atoms with Crippen LogP contribution in [0.2, 0.25) is 5.02 Å². The molecule has 0 aromatic heterocycles. The molecular weight excluding hydrogens is 557 g/mol. The molecule has 0 spiro atoms. The Labute approximate surface area is 269 Å². The van der Waals surface area contributed by atoms with Crippen molar-refractivity contribution in [3.8, 4) is 12.3 Å². The van der Waals surface area contributed by atoms with Crippen molar-refractivity contribution in [2.24, 2.45) is 4.99 Å². The Balaban J connectivity index is -0.000000634. The van der Waals surface area contributed by atoms with Gasteiger partial charge in [-0.15, -0.1) is 12.3 Å². The van der Waals surface area contributed by atoms with E-state index >= 15 is 0 Å². The van der Waals surface area contributed by atoms with Crippen molar-refractivity contribution in [3.05, 3.63) is 89.0 Å². The van der Waals surface area contributed by atoms with Gasteiger partial charge in [-0.05, 0) is 103 Å². The van der Waals surface area contributed by atoms with Crippen LogP contribution in [0.5, 0.6) is 0 Å². The lowest BCUT2D eigenvalue weighted by Crippen LogP contribution is -2.10. The molecule has 1 aromatic rings. The summed E-state index contributed by atoms with van der Waals surface area (Å²) in [6.45, 7) is 28.1. The van der Waals surface area contributed by atoms with Gasteiger partial charge in [0.2, 0.25) is 0 Å². The highest BCUT2D eigenvalue weighted by Crippen LogP contribution is 2.27. The van der Waals surface area contributed by atoms with Crippen LogP contribution in [0.3, 0.4) is 0 Å². The van der Waals surface area contributed by atoms with E-state index in [9.17, 15) is 4.39 Å². The molecule has 0 saturated heterocycles. The fraction of sp³-hybridized carbons (Fsp3) is 0.500. The molecule has 0 aliphatic heterocycles. The lowest BCUT2D eigenvalue weighted by Gasteiger charge is -2.15. The summed E-state index contributed by atoms with van der Waals surface area (Å²) >= 11 is 6.10. The molecule has 1 aromatic carbocycles. The number of unbranched alkanes of at least 4 members (excludes halogenated alkanes) is 2. The number of hydrogen-bond acceptors (Lipinski definition) is 3. The van der Waals surface area contributed by atoms with Gasteiger partial charge in [0, 0.05) is 24.2 Å². The van der Waals surface area contributed by atoms with Crippen molar-refractivity contribution < 1.29 is 14.2 Å². The maximum absolute atomic E-state index is 13.9. The molecule has 0 fully saturated rings. The molecule has 0 radical (unpaired) electrons. The average Bonchev–Trinajstić information content (AvgIpc) is 2.96. The van der Waals surface area contributed by atoms with Gasteiger partial charge in [-0.3, -0.25) is 4.99 Å². The fourth-order valence-electron chi connectivity index (χ4n) is 3.28.